The van der Waals surface area contributed by atoms with E-state index in [1.807, 2.05) is 0 Å². The molecule has 2 N–H and O–H groups in total. The molecule has 0 amide bonds. The number of hydrogen-bond acceptors (Lipinski definition) is 3. The van der Waals surface area contributed by atoms with Gasteiger partial charge in [0.15, 0.2) is 5.78 Å². The van der Waals surface area contributed by atoms with Crippen LogP contribution in [0.2, 0.25) is 0 Å². The second-order valence-electron chi connectivity index (χ2n) is 5.35. The number of aliphatic hydroxyl groups excluding tert-OH is 1. The molecule has 0 saturated carbocycles. The fraction of sp³-hybridized carbons (Fsp3) is 0.556. The third kappa shape index (κ3) is 16.4. The summed E-state index contributed by atoms with van der Waals surface area (Å²) in [5.41, 5.74) is 0. The third-order valence-corrected chi connectivity index (χ3v) is 3.07. The summed E-state index contributed by atoms with van der Waals surface area (Å²) in [6.45, 7) is 1.68. The Hall–Kier alpha value is -1.68. The van der Waals surface area contributed by atoms with E-state index in [9.17, 15) is 9.59 Å². The molecule has 0 aliphatic heterocycles. The molecule has 4 heteroatoms. The van der Waals surface area contributed by atoms with E-state index >= 15 is 0 Å². The number of carboxylic acids is 1. The summed E-state index contributed by atoms with van der Waals surface area (Å²) in [4.78, 5) is 21.9. The maximum absolute atomic E-state index is 11.6. The average molecular weight is 308 g/mol. The Morgan fingerprint density at radius 3 is 2.00 bits per heavy atom. The fourth-order valence-electron chi connectivity index (χ4n) is 1.88. The monoisotopic (exact) mass is 308 g/mol. The predicted molar refractivity (Wildman–Crippen MR) is 88.7 cm³/mol. The highest BCUT2D eigenvalue weighted by Gasteiger charge is 1.98. The molecule has 0 aromatic carbocycles. The molecule has 0 aromatic rings. The molecule has 0 aliphatic carbocycles. The number of aliphatic hydroxyl groups is 1. The lowest BCUT2D eigenvalue weighted by atomic mass is 10.1. The molecular formula is C18H28O4. The van der Waals surface area contributed by atoms with Gasteiger partial charge >= 0.3 is 5.97 Å². The molecule has 1 atom stereocenters. The molecule has 22 heavy (non-hydrogen) atoms. The number of rotatable bonds is 13. The minimum Gasteiger partial charge on any atom is -0.481 e. The number of carbonyl (C=O) groups is 2. The first kappa shape index (κ1) is 20.3. The van der Waals surface area contributed by atoms with E-state index in [0.717, 1.165) is 38.5 Å². The second-order valence-corrected chi connectivity index (χ2v) is 5.35. The van der Waals surface area contributed by atoms with Crippen LogP contribution in [-0.2, 0) is 9.59 Å². The number of carboxylic acid groups (broad SMARTS) is 1. The SMILES string of the molecule is CC(O)C=CC=CC=CC(=O)CCCCCCCCC(=O)O. The fourth-order valence-corrected chi connectivity index (χ4v) is 1.88. The van der Waals surface area contributed by atoms with Gasteiger partial charge in [-0.3, -0.25) is 9.59 Å². The van der Waals surface area contributed by atoms with Crippen molar-refractivity contribution in [3.8, 4) is 0 Å². The largest absolute Gasteiger partial charge is 0.481 e. The molecule has 0 rings (SSSR count). The first-order valence-corrected chi connectivity index (χ1v) is 7.96. The smallest absolute Gasteiger partial charge is 0.303 e. The first-order chi connectivity index (χ1) is 10.5. The first-order valence-electron chi connectivity index (χ1n) is 7.96. The van der Waals surface area contributed by atoms with Crippen LogP contribution in [0, 0.1) is 0 Å². The van der Waals surface area contributed by atoms with Crippen LogP contribution in [-0.4, -0.2) is 28.1 Å². The quantitative estimate of drug-likeness (QED) is 0.308. The number of ketones is 1. The molecule has 0 aliphatic rings. The van der Waals surface area contributed by atoms with Crippen LogP contribution in [0.1, 0.15) is 58.3 Å². The summed E-state index contributed by atoms with van der Waals surface area (Å²) < 4.78 is 0. The van der Waals surface area contributed by atoms with Crippen molar-refractivity contribution in [1.82, 2.24) is 0 Å². The molecule has 0 aromatic heterocycles. The lowest BCUT2D eigenvalue weighted by Crippen LogP contribution is -1.94. The molecule has 0 radical (unpaired) electrons. The maximum Gasteiger partial charge on any atom is 0.303 e. The molecule has 0 saturated heterocycles. The lowest BCUT2D eigenvalue weighted by molar-refractivity contribution is -0.137. The van der Waals surface area contributed by atoms with Gasteiger partial charge in [-0.2, -0.15) is 0 Å². The average Bonchev–Trinajstić information content (AvgIpc) is 2.44. The van der Waals surface area contributed by atoms with E-state index in [0.29, 0.717) is 6.42 Å². The van der Waals surface area contributed by atoms with Crippen LogP contribution in [0.5, 0.6) is 0 Å². The van der Waals surface area contributed by atoms with E-state index < -0.39 is 12.1 Å². The highest BCUT2D eigenvalue weighted by Crippen LogP contribution is 2.09. The Balaban J connectivity index is 3.51. The Morgan fingerprint density at radius 2 is 1.41 bits per heavy atom. The number of hydrogen-bond donors (Lipinski definition) is 2. The minimum absolute atomic E-state index is 0.120. The summed E-state index contributed by atoms with van der Waals surface area (Å²) in [5, 5.41) is 17.5. The van der Waals surface area contributed by atoms with E-state index in [1.165, 1.54) is 0 Å². The van der Waals surface area contributed by atoms with E-state index in [4.69, 9.17) is 10.2 Å². The van der Waals surface area contributed by atoms with Gasteiger partial charge in [0.2, 0.25) is 0 Å². The lowest BCUT2D eigenvalue weighted by Gasteiger charge is -1.99. The maximum atomic E-state index is 11.6. The van der Waals surface area contributed by atoms with Gasteiger partial charge in [0.05, 0.1) is 6.10 Å². The zero-order valence-corrected chi connectivity index (χ0v) is 13.4. The molecule has 0 bridgehead atoms. The van der Waals surface area contributed by atoms with Gasteiger partial charge in [-0.15, -0.1) is 0 Å². The van der Waals surface area contributed by atoms with Gasteiger partial charge < -0.3 is 10.2 Å². The Bertz CT molecular complexity index is 392. The van der Waals surface area contributed by atoms with Gasteiger partial charge in [0, 0.05) is 12.8 Å². The number of allylic oxidation sites excluding steroid dienone is 5. The highest BCUT2D eigenvalue weighted by atomic mass is 16.4. The number of carbonyl (C=O) groups excluding carboxylic acids is 1. The standard InChI is InChI=1S/C18H28O4/c1-16(19)12-8-6-7-10-14-17(20)13-9-4-2-3-5-11-15-18(21)22/h6-8,10,12,14,16,19H,2-5,9,11,13,15H2,1H3,(H,21,22). The normalized spacial score (nSPS) is 13.4. The van der Waals surface area contributed by atoms with Gasteiger partial charge in [0.1, 0.15) is 0 Å². The molecule has 1 unspecified atom stereocenters. The van der Waals surface area contributed by atoms with Gasteiger partial charge in [0.25, 0.3) is 0 Å². The Kier molecular flexibility index (Phi) is 13.2. The van der Waals surface area contributed by atoms with Gasteiger partial charge in [-0.05, 0) is 25.8 Å². The molecule has 0 spiro atoms. The van der Waals surface area contributed by atoms with Crippen molar-refractivity contribution < 1.29 is 19.8 Å². The minimum atomic E-state index is -0.729. The van der Waals surface area contributed by atoms with E-state index in [1.54, 1.807) is 43.4 Å². The number of aliphatic carboxylic acids is 1. The summed E-state index contributed by atoms with van der Waals surface area (Å²) in [5.74, 6) is -0.608. The van der Waals surface area contributed by atoms with Crippen molar-refractivity contribution in [1.29, 1.82) is 0 Å². The van der Waals surface area contributed by atoms with Crippen LogP contribution in [0.3, 0.4) is 0 Å². The molecule has 4 nitrogen and oxygen atoms in total. The third-order valence-electron chi connectivity index (χ3n) is 3.07. The highest BCUT2D eigenvalue weighted by molar-refractivity contribution is 5.89. The van der Waals surface area contributed by atoms with Crippen LogP contribution in [0.25, 0.3) is 0 Å². The summed E-state index contributed by atoms with van der Waals surface area (Å²) >= 11 is 0. The van der Waals surface area contributed by atoms with E-state index in [2.05, 4.69) is 0 Å². The number of unbranched alkanes of at least 4 members (excludes halogenated alkanes) is 5. The van der Waals surface area contributed by atoms with Crippen LogP contribution < -0.4 is 0 Å². The van der Waals surface area contributed by atoms with Gasteiger partial charge in [-0.1, -0.05) is 56.1 Å². The Morgan fingerprint density at radius 1 is 0.864 bits per heavy atom. The van der Waals surface area contributed by atoms with Crippen molar-refractivity contribution in [3.63, 3.8) is 0 Å². The zero-order valence-electron chi connectivity index (χ0n) is 13.4. The summed E-state index contributed by atoms with van der Waals surface area (Å²) in [6.07, 6.45) is 16.2. The van der Waals surface area contributed by atoms with Crippen LogP contribution in [0.4, 0.5) is 0 Å². The molecule has 124 valence electrons. The second kappa shape index (κ2) is 14.3. The topological polar surface area (TPSA) is 74.6 Å². The van der Waals surface area contributed by atoms with Crippen molar-refractivity contribution in [2.45, 2.75) is 64.4 Å². The zero-order chi connectivity index (χ0) is 16.6. The predicted octanol–water partition coefficient (Wildman–Crippen LogP) is 3.81. The van der Waals surface area contributed by atoms with Crippen molar-refractivity contribution in [2.75, 3.05) is 0 Å². The molecule has 0 heterocycles. The summed E-state index contributed by atoms with van der Waals surface area (Å²) in [7, 11) is 0. The van der Waals surface area contributed by atoms with Crippen molar-refractivity contribution in [2.24, 2.45) is 0 Å². The van der Waals surface area contributed by atoms with Gasteiger partial charge in [-0.25, -0.2) is 0 Å². The Labute approximate surface area is 133 Å². The van der Waals surface area contributed by atoms with Crippen molar-refractivity contribution >= 4 is 11.8 Å². The van der Waals surface area contributed by atoms with Crippen LogP contribution >= 0.6 is 0 Å². The molecular weight excluding hydrogens is 280 g/mol. The van der Waals surface area contributed by atoms with Crippen molar-refractivity contribution in [3.05, 3.63) is 36.5 Å². The molecule has 0 fully saturated rings. The summed E-state index contributed by atoms with van der Waals surface area (Å²) in [6, 6.07) is 0. The van der Waals surface area contributed by atoms with E-state index in [-0.39, 0.29) is 12.2 Å². The van der Waals surface area contributed by atoms with Crippen LogP contribution in [0.15, 0.2) is 36.5 Å².